The highest BCUT2D eigenvalue weighted by Gasteiger charge is 1.85. The van der Waals surface area contributed by atoms with Crippen LogP contribution in [0.2, 0.25) is 0 Å². The second-order valence-corrected chi connectivity index (χ2v) is 2.34. The van der Waals surface area contributed by atoms with E-state index < -0.39 is 0 Å². The van der Waals surface area contributed by atoms with E-state index in [1.165, 1.54) is 18.5 Å². The maximum atomic E-state index is 5.75. The van der Waals surface area contributed by atoms with Gasteiger partial charge in [0.1, 0.15) is 0 Å². The molecule has 0 saturated carbocycles. The van der Waals surface area contributed by atoms with E-state index in [4.69, 9.17) is 1.37 Å². The standard InChI is InChI=1S/C9H12.2C2H6.CH4.B/c1-3-9-6-4-5-8(2)7-9;2*1-2;;/h4-7H,3H2,1-2H3;2*1-2H3;1H4;/i;;;1T;. The van der Waals surface area contributed by atoms with E-state index in [1.54, 1.807) is 0 Å². The van der Waals surface area contributed by atoms with E-state index in [0.29, 0.717) is 0 Å². The molecule has 0 atom stereocenters. The Balaban J connectivity index is -0.0000000900. The minimum absolute atomic E-state index is 0. The van der Waals surface area contributed by atoms with Crippen molar-refractivity contribution in [3.05, 3.63) is 35.4 Å². The van der Waals surface area contributed by atoms with E-state index in [9.17, 15) is 0 Å². The third-order valence-corrected chi connectivity index (χ3v) is 1.49. The number of rotatable bonds is 1. The SMILES string of the molecule is CC.CC.CCc1cccc(C)c1.[3H]C.[B]. The molecular weight excluding hydrogens is 179 g/mol. The van der Waals surface area contributed by atoms with E-state index >= 15 is 0 Å². The first-order chi connectivity index (χ1) is 7.33. The van der Waals surface area contributed by atoms with Crippen molar-refractivity contribution in [2.24, 2.45) is 0 Å². The molecule has 0 heterocycles. The fourth-order valence-electron chi connectivity index (χ4n) is 0.932. The third kappa shape index (κ3) is 13.3. The molecule has 1 heteroatoms. The lowest BCUT2D eigenvalue weighted by Gasteiger charge is -1.95. The van der Waals surface area contributed by atoms with Crippen molar-refractivity contribution in [1.82, 2.24) is 0 Å². The van der Waals surface area contributed by atoms with Gasteiger partial charge < -0.3 is 0 Å². The molecule has 0 aromatic heterocycles. The van der Waals surface area contributed by atoms with Gasteiger partial charge in [0.15, 0.2) is 0 Å². The van der Waals surface area contributed by atoms with Crippen molar-refractivity contribution in [3.63, 3.8) is 0 Å². The van der Waals surface area contributed by atoms with Crippen LogP contribution >= 0.6 is 0 Å². The summed E-state index contributed by atoms with van der Waals surface area (Å²) in [5.74, 6) is 0. The van der Waals surface area contributed by atoms with Crippen LogP contribution in [-0.2, 0) is 6.42 Å². The quantitative estimate of drug-likeness (QED) is 0.579. The lowest BCUT2D eigenvalue weighted by molar-refractivity contribution is 1.13. The molecule has 0 aliphatic rings. The van der Waals surface area contributed by atoms with Crippen LogP contribution < -0.4 is 0 Å². The average Bonchev–Trinajstić information content (AvgIpc) is 2.36. The van der Waals surface area contributed by atoms with Gasteiger partial charge in [-0.2, -0.15) is 0 Å². The first-order valence-corrected chi connectivity index (χ1v) is 5.38. The Labute approximate surface area is 101 Å². The van der Waals surface area contributed by atoms with Crippen molar-refractivity contribution >= 4 is 8.41 Å². The van der Waals surface area contributed by atoms with Gasteiger partial charge in [-0.3, -0.25) is 0 Å². The maximum absolute atomic E-state index is 5.75. The van der Waals surface area contributed by atoms with Crippen LogP contribution in [0.3, 0.4) is 0 Å². The molecule has 0 unspecified atom stereocenters. The van der Waals surface area contributed by atoms with Gasteiger partial charge in [0.2, 0.25) is 0 Å². The number of hydrogen-bond acceptors (Lipinski definition) is 0. The van der Waals surface area contributed by atoms with Crippen molar-refractivity contribution in [2.75, 3.05) is 0 Å². The summed E-state index contributed by atoms with van der Waals surface area (Å²) < 4.78 is 5.75. The molecular formula is C14H28B. The van der Waals surface area contributed by atoms with Gasteiger partial charge in [-0.05, 0) is 18.9 Å². The number of aryl methyl sites for hydroxylation is 2. The molecule has 0 N–H and O–H groups in total. The Bertz CT molecular complexity index is 200. The van der Waals surface area contributed by atoms with Crippen LogP contribution in [-0.4, -0.2) is 8.41 Å². The molecule has 15 heavy (non-hydrogen) atoms. The fraction of sp³-hybridized carbons (Fsp3) is 0.571. The van der Waals surface area contributed by atoms with Gasteiger partial charge in [0.25, 0.3) is 0 Å². The van der Waals surface area contributed by atoms with Gasteiger partial charge in [-0.25, -0.2) is 0 Å². The molecule has 0 amide bonds. The van der Waals surface area contributed by atoms with Crippen LogP contribution in [0.1, 0.15) is 54.5 Å². The van der Waals surface area contributed by atoms with Gasteiger partial charge in [0.05, 0.1) is 0 Å². The number of benzene rings is 1. The molecule has 0 fully saturated rings. The molecule has 0 aliphatic heterocycles. The topological polar surface area (TPSA) is 0 Å². The van der Waals surface area contributed by atoms with Gasteiger partial charge in [-0.15, -0.1) is 0 Å². The molecule has 0 bridgehead atoms. The van der Waals surface area contributed by atoms with Gasteiger partial charge in [-0.1, -0.05) is 71.9 Å². The predicted molar refractivity (Wildman–Crippen MR) is 75.7 cm³/mol. The van der Waals surface area contributed by atoms with Crippen molar-refractivity contribution in [2.45, 2.75) is 55.4 Å². The Hall–Kier alpha value is -0.715. The average molecular weight is 209 g/mol. The van der Waals surface area contributed by atoms with Crippen molar-refractivity contribution < 1.29 is 1.37 Å². The molecule has 1 aromatic rings. The minimum atomic E-state index is 0. The molecule has 0 aliphatic carbocycles. The van der Waals surface area contributed by atoms with Crippen LogP contribution in [0, 0.1) is 6.92 Å². The third-order valence-electron chi connectivity index (χ3n) is 1.49. The van der Waals surface area contributed by atoms with Crippen molar-refractivity contribution in [1.29, 1.82) is 0 Å². The zero-order chi connectivity index (χ0) is 12.7. The predicted octanol–water partition coefficient (Wildman–Crippen LogP) is 4.87. The Morgan fingerprint density at radius 3 is 1.87 bits per heavy atom. The second-order valence-electron chi connectivity index (χ2n) is 2.34. The summed E-state index contributed by atoms with van der Waals surface area (Å²) in [6.45, 7) is 12.3. The minimum Gasteiger partial charge on any atom is -0.0776 e. The first kappa shape index (κ1) is 19.8. The Morgan fingerprint density at radius 2 is 1.60 bits per heavy atom. The molecule has 87 valence electrons. The van der Waals surface area contributed by atoms with Gasteiger partial charge >= 0.3 is 0 Å². The van der Waals surface area contributed by atoms with Gasteiger partial charge in [0, 0.05) is 9.78 Å². The van der Waals surface area contributed by atoms with E-state index in [2.05, 4.69) is 38.1 Å². The summed E-state index contributed by atoms with van der Waals surface area (Å²) in [6.07, 6.45) is 1.14. The highest BCUT2D eigenvalue weighted by atomic mass is 13.9. The van der Waals surface area contributed by atoms with E-state index in [0.717, 1.165) is 6.42 Å². The largest absolute Gasteiger partial charge is 0.0776 e. The summed E-state index contributed by atoms with van der Waals surface area (Å²) in [6, 6.07) is 8.61. The molecule has 0 saturated heterocycles. The first-order valence-electron chi connectivity index (χ1n) is 6.38. The summed E-state index contributed by atoms with van der Waals surface area (Å²) in [4.78, 5) is 0. The molecule has 0 nitrogen and oxygen atoms in total. The van der Waals surface area contributed by atoms with Crippen molar-refractivity contribution in [3.8, 4) is 0 Å². The monoisotopic (exact) mass is 209 g/mol. The normalized spacial score (nSPS) is 7.00. The van der Waals surface area contributed by atoms with Crippen LogP contribution in [0.25, 0.3) is 0 Å². The lowest BCUT2D eigenvalue weighted by atomic mass is 10.1. The molecule has 1 aromatic carbocycles. The van der Waals surface area contributed by atoms with Crippen LogP contribution in [0.4, 0.5) is 0 Å². The second kappa shape index (κ2) is 19.0. The fourth-order valence-corrected chi connectivity index (χ4v) is 0.932. The van der Waals surface area contributed by atoms with E-state index in [1.807, 2.05) is 27.7 Å². The summed E-state index contributed by atoms with van der Waals surface area (Å²) >= 11 is 0. The molecule has 0 spiro atoms. The Morgan fingerprint density at radius 1 is 1.13 bits per heavy atom. The molecule has 3 radical (unpaired) electrons. The smallest absolute Gasteiger partial charge is 0.0194 e. The number of hydrogen-bond donors (Lipinski definition) is 0. The molecule has 1 rings (SSSR count). The van der Waals surface area contributed by atoms with Crippen LogP contribution in [0.5, 0.6) is 0 Å². The zero-order valence-electron chi connectivity index (χ0n) is 12.6. The maximum Gasteiger partial charge on any atom is 0.0194 e. The highest BCUT2D eigenvalue weighted by Crippen LogP contribution is 2.03. The van der Waals surface area contributed by atoms with Crippen LogP contribution in [0.15, 0.2) is 24.3 Å². The summed E-state index contributed by atoms with van der Waals surface area (Å²) in [5, 5.41) is 0. The zero-order valence-corrected chi connectivity index (χ0v) is 11.6. The summed E-state index contributed by atoms with van der Waals surface area (Å²) in [7, 11) is 1.25. The highest BCUT2D eigenvalue weighted by molar-refractivity contribution is 5.75. The lowest BCUT2D eigenvalue weighted by Crippen LogP contribution is -1.78. The van der Waals surface area contributed by atoms with E-state index in [-0.39, 0.29) is 8.41 Å². The Kier molecular flexibility index (Phi) is 25.0. The summed E-state index contributed by atoms with van der Waals surface area (Å²) in [5.41, 5.74) is 2.78.